The van der Waals surface area contributed by atoms with Crippen molar-refractivity contribution in [1.82, 2.24) is 14.5 Å². The molecule has 1 aliphatic heterocycles. The third-order valence-corrected chi connectivity index (χ3v) is 7.76. The first kappa shape index (κ1) is 25.1. The Morgan fingerprint density at radius 1 is 1.00 bits per heavy atom. The summed E-state index contributed by atoms with van der Waals surface area (Å²) in [5, 5.41) is 2.89. The Bertz CT molecular complexity index is 1050. The third kappa shape index (κ3) is 7.25. The average molecular weight is 470 g/mol. The molecule has 1 N–H and O–H groups in total. The summed E-state index contributed by atoms with van der Waals surface area (Å²) in [5.41, 5.74) is 3.11. The van der Waals surface area contributed by atoms with E-state index >= 15 is 0 Å². The fourth-order valence-electron chi connectivity index (χ4n) is 4.32. The van der Waals surface area contributed by atoms with Crippen LogP contribution >= 0.6 is 0 Å². The van der Waals surface area contributed by atoms with E-state index in [1.807, 2.05) is 0 Å². The average Bonchev–Trinajstić information content (AvgIpc) is 2.76. The molecule has 6 nitrogen and oxygen atoms in total. The van der Waals surface area contributed by atoms with E-state index < -0.39 is 10.0 Å². The zero-order chi connectivity index (χ0) is 24.0. The molecule has 0 bridgehead atoms. The van der Waals surface area contributed by atoms with Gasteiger partial charge in [0.25, 0.3) is 0 Å². The van der Waals surface area contributed by atoms with E-state index in [0.717, 1.165) is 42.6 Å². The predicted octanol–water partition coefficient (Wildman–Crippen LogP) is 3.74. The first-order chi connectivity index (χ1) is 15.6. The summed E-state index contributed by atoms with van der Waals surface area (Å²) in [6.07, 6.45) is 4.45. The molecular formula is C26H35N3O3S. The highest BCUT2D eigenvalue weighted by molar-refractivity contribution is 7.89. The third-order valence-electron chi connectivity index (χ3n) is 5.93. The van der Waals surface area contributed by atoms with Crippen molar-refractivity contribution in [3.8, 4) is 0 Å². The molecule has 3 rings (SSSR count). The molecule has 1 saturated heterocycles. The number of rotatable bonds is 8. The topological polar surface area (TPSA) is 69.7 Å². The molecule has 1 fully saturated rings. The minimum atomic E-state index is -3.45. The van der Waals surface area contributed by atoms with Gasteiger partial charge in [-0.3, -0.25) is 9.69 Å². The molecular weight excluding hydrogens is 434 g/mol. The lowest BCUT2D eigenvalue weighted by atomic mass is 9.91. The standard InChI is InChI=1S/C26H35N3O3S/c1-20-15-21(2)18-29(17-20)19-24-7-5-23(6-8-24)16-27-26(30)14-11-22-9-12-25(13-10-22)33(31,32)28(3)4/h5-14,20-21H,15-19H2,1-4H3,(H,27,30). The largest absolute Gasteiger partial charge is 0.348 e. The molecule has 1 amide bonds. The van der Waals surface area contributed by atoms with Crippen molar-refractivity contribution in [2.75, 3.05) is 27.2 Å². The van der Waals surface area contributed by atoms with E-state index in [0.29, 0.717) is 6.54 Å². The van der Waals surface area contributed by atoms with E-state index in [2.05, 4.69) is 48.3 Å². The lowest BCUT2D eigenvalue weighted by molar-refractivity contribution is -0.116. The SMILES string of the molecule is CC1CC(C)CN(Cc2ccc(CNC(=O)C=Cc3ccc(S(=O)(=O)N(C)C)cc3)cc2)C1. The molecule has 0 radical (unpaired) electrons. The summed E-state index contributed by atoms with van der Waals surface area (Å²) in [7, 11) is -0.460. The Morgan fingerprint density at radius 2 is 1.58 bits per heavy atom. The van der Waals surface area contributed by atoms with Crippen molar-refractivity contribution in [2.45, 2.75) is 38.3 Å². The summed E-state index contributed by atoms with van der Waals surface area (Å²) in [5.74, 6) is 1.31. The van der Waals surface area contributed by atoms with Crippen molar-refractivity contribution in [2.24, 2.45) is 11.8 Å². The zero-order valence-corrected chi connectivity index (χ0v) is 20.8. The number of carbonyl (C=O) groups is 1. The highest BCUT2D eigenvalue weighted by Crippen LogP contribution is 2.22. The maximum Gasteiger partial charge on any atom is 0.244 e. The minimum Gasteiger partial charge on any atom is -0.348 e. The van der Waals surface area contributed by atoms with Gasteiger partial charge in [-0.1, -0.05) is 50.2 Å². The van der Waals surface area contributed by atoms with Gasteiger partial charge >= 0.3 is 0 Å². The molecule has 33 heavy (non-hydrogen) atoms. The van der Waals surface area contributed by atoms with Gasteiger partial charge in [-0.15, -0.1) is 0 Å². The van der Waals surface area contributed by atoms with Gasteiger partial charge in [-0.2, -0.15) is 0 Å². The van der Waals surface area contributed by atoms with Crippen LogP contribution in [0.4, 0.5) is 0 Å². The molecule has 2 unspecified atom stereocenters. The van der Waals surface area contributed by atoms with E-state index in [4.69, 9.17) is 0 Å². The van der Waals surface area contributed by atoms with Gasteiger partial charge in [0.15, 0.2) is 0 Å². The second-order valence-electron chi connectivity index (χ2n) is 9.36. The van der Waals surface area contributed by atoms with Crippen LogP contribution in [-0.2, 0) is 27.9 Å². The fourth-order valence-corrected chi connectivity index (χ4v) is 5.23. The Balaban J connectivity index is 1.48. The van der Waals surface area contributed by atoms with Crippen LogP contribution in [0.1, 0.15) is 37.0 Å². The second-order valence-corrected chi connectivity index (χ2v) is 11.5. The van der Waals surface area contributed by atoms with Crippen LogP contribution in [0.2, 0.25) is 0 Å². The first-order valence-corrected chi connectivity index (χ1v) is 12.9. The number of benzene rings is 2. The lowest BCUT2D eigenvalue weighted by Crippen LogP contribution is -2.38. The Hall–Kier alpha value is -2.48. The van der Waals surface area contributed by atoms with Crippen LogP contribution in [-0.4, -0.2) is 50.7 Å². The quantitative estimate of drug-likeness (QED) is 0.598. The maximum absolute atomic E-state index is 12.2. The maximum atomic E-state index is 12.2. The van der Waals surface area contributed by atoms with Crippen molar-refractivity contribution in [3.05, 3.63) is 71.3 Å². The highest BCUT2D eigenvalue weighted by atomic mass is 32.2. The second kappa shape index (κ2) is 11.1. The molecule has 2 aromatic carbocycles. The van der Waals surface area contributed by atoms with Gasteiger partial charge in [0, 0.05) is 46.4 Å². The van der Waals surface area contributed by atoms with Gasteiger partial charge in [0.2, 0.25) is 15.9 Å². The van der Waals surface area contributed by atoms with Crippen LogP contribution in [0.15, 0.2) is 59.5 Å². The molecule has 0 aromatic heterocycles. The lowest BCUT2D eigenvalue weighted by Gasteiger charge is -2.35. The fraction of sp³-hybridized carbons (Fsp3) is 0.423. The van der Waals surface area contributed by atoms with Gasteiger partial charge < -0.3 is 5.32 Å². The number of nitrogens with one attached hydrogen (secondary N) is 1. The highest BCUT2D eigenvalue weighted by Gasteiger charge is 2.21. The van der Waals surface area contributed by atoms with Crippen LogP contribution in [0.3, 0.4) is 0 Å². The van der Waals surface area contributed by atoms with Crippen molar-refractivity contribution < 1.29 is 13.2 Å². The smallest absolute Gasteiger partial charge is 0.244 e. The molecule has 7 heteroatoms. The van der Waals surface area contributed by atoms with E-state index in [-0.39, 0.29) is 10.8 Å². The molecule has 178 valence electrons. The molecule has 0 saturated carbocycles. The van der Waals surface area contributed by atoms with Gasteiger partial charge in [-0.05, 0) is 53.2 Å². The zero-order valence-electron chi connectivity index (χ0n) is 20.0. The predicted molar refractivity (Wildman–Crippen MR) is 133 cm³/mol. The van der Waals surface area contributed by atoms with Gasteiger partial charge in [-0.25, -0.2) is 12.7 Å². The number of sulfonamides is 1. The number of hydrogen-bond donors (Lipinski definition) is 1. The van der Waals surface area contributed by atoms with Crippen molar-refractivity contribution in [1.29, 1.82) is 0 Å². The Kier molecular flexibility index (Phi) is 8.46. The normalized spacial score (nSPS) is 19.8. The number of hydrogen-bond acceptors (Lipinski definition) is 4. The summed E-state index contributed by atoms with van der Waals surface area (Å²) < 4.78 is 25.4. The molecule has 0 aliphatic carbocycles. The summed E-state index contributed by atoms with van der Waals surface area (Å²) in [4.78, 5) is 14.9. The van der Waals surface area contributed by atoms with E-state index in [9.17, 15) is 13.2 Å². The molecule has 1 heterocycles. The minimum absolute atomic E-state index is 0.194. The number of likely N-dealkylation sites (tertiary alicyclic amines) is 1. The van der Waals surface area contributed by atoms with Crippen LogP contribution in [0.5, 0.6) is 0 Å². The van der Waals surface area contributed by atoms with E-state index in [1.54, 1.807) is 30.3 Å². The Labute approximate surface area is 198 Å². The summed E-state index contributed by atoms with van der Waals surface area (Å²) in [6.45, 7) is 8.40. The van der Waals surface area contributed by atoms with E-state index in [1.165, 1.54) is 36.5 Å². The van der Waals surface area contributed by atoms with Gasteiger partial charge in [0.05, 0.1) is 4.90 Å². The summed E-state index contributed by atoms with van der Waals surface area (Å²) in [6, 6.07) is 14.9. The summed E-state index contributed by atoms with van der Waals surface area (Å²) >= 11 is 0. The molecule has 0 spiro atoms. The van der Waals surface area contributed by atoms with Crippen LogP contribution in [0, 0.1) is 11.8 Å². The number of nitrogens with zero attached hydrogens (tertiary/aromatic N) is 2. The monoisotopic (exact) mass is 469 g/mol. The van der Waals surface area contributed by atoms with Crippen molar-refractivity contribution >= 4 is 22.0 Å². The first-order valence-electron chi connectivity index (χ1n) is 11.4. The molecule has 1 aliphatic rings. The molecule has 2 aromatic rings. The number of carbonyl (C=O) groups excluding carboxylic acids is 1. The number of piperidine rings is 1. The number of amides is 1. The van der Waals surface area contributed by atoms with Crippen LogP contribution < -0.4 is 5.32 Å². The van der Waals surface area contributed by atoms with Gasteiger partial charge in [0.1, 0.15) is 0 Å². The van der Waals surface area contributed by atoms with Crippen LogP contribution in [0.25, 0.3) is 6.08 Å². The van der Waals surface area contributed by atoms with Crippen molar-refractivity contribution in [3.63, 3.8) is 0 Å². The molecule has 2 atom stereocenters. The Morgan fingerprint density at radius 3 is 2.15 bits per heavy atom.